The van der Waals surface area contributed by atoms with Gasteiger partial charge in [-0.3, -0.25) is 0 Å². The number of benzene rings is 2. The van der Waals surface area contributed by atoms with Crippen molar-refractivity contribution >= 4 is 21.8 Å². The number of fused-ring (bicyclic) bond motifs is 3. The van der Waals surface area contributed by atoms with Crippen molar-refractivity contribution in [2.24, 2.45) is 5.73 Å². The fourth-order valence-electron chi connectivity index (χ4n) is 2.16. The van der Waals surface area contributed by atoms with Gasteiger partial charge in [-0.2, -0.15) is 0 Å². The average molecular weight is 210 g/mol. The van der Waals surface area contributed by atoms with Crippen molar-refractivity contribution in [3.63, 3.8) is 0 Å². The Morgan fingerprint density at radius 2 is 1.75 bits per heavy atom. The zero-order valence-corrected chi connectivity index (χ0v) is 9.20. The molecule has 2 nitrogen and oxygen atoms in total. The first-order chi connectivity index (χ1) is 7.75. The Balaban J connectivity index is 2.37. The van der Waals surface area contributed by atoms with Crippen LogP contribution in [-0.4, -0.2) is 4.98 Å². The smallest absolute Gasteiger partial charge is 0.0468 e. The first kappa shape index (κ1) is 9.43. The van der Waals surface area contributed by atoms with Gasteiger partial charge in [-0.05, 0) is 24.6 Å². The van der Waals surface area contributed by atoms with E-state index in [-0.39, 0.29) is 6.04 Å². The molecule has 0 amide bonds. The fraction of sp³-hybridized carbons (Fsp3) is 0.143. The van der Waals surface area contributed by atoms with Gasteiger partial charge >= 0.3 is 0 Å². The second-order valence-corrected chi connectivity index (χ2v) is 4.26. The molecule has 1 unspecified atom stereocenters. The lowest BCUT2D eigenvalue weighted by atomic mass is 10.1. The summed E-state index contributed by atoms with van der Waals surface area (Å²) in [7, 11) is 0. The van der Waals surface area contributed by atoms with Crippen molar-refractivity contribution < 1.29 is 0 Å². The van der Waals surface area contributed by atoms with Crippen LogP contribution in [0.5, 0.6) is 0 Å². The van der Waals surface area contributed by atoms with E-state index in [1.165, 1.54) is 21.9 Å². The highest BCUT2D eigenvalue weighted by atomic mass is 14.7. The number of aromatic amines is 1. The van der Waals surface area contributed by atoms with E-state index >= 15 is 0 Å². The van der Waals surface area contributed by atoms with E-state index in [1.54, 1.807) is 0 Å². The second kappa shape index (κ2) is 3.35. The largest absolute Gasteiger partial charge is 0.355 e. The Hall–Kier alpha value is -1.80. The third-order valence-corrected chi connectivity index (χ3v) is 3.06. The highest BCUT2D eigenvalue weighted by Crippen LogP contribution is 2.26. The summed E-state index contributed by atoms with van der Waals surface area (Å²) in [6.07, 6.45) is 0. The molecule has 0 fully saturated rings. The molecule has 1 atom stereocenters. The van der Waals surface area contributed by atoms with Crippen LogP contribution in [0.25, 0.3) is 21.8 Å². The summed E-state index contributed by atoms with van der Waals surface area (Å²) in [4.78, 5) is 3.42. The van der Waals surface area contributed by atoms with E-state index in [1.807, 2.05) is 13.0 Å². The highest BCUT2D eigenvalue weighted by molar-refractivity contribution is 6.07. The van der Waals surface area contributed by atoms with Crippen molar-refractivity contribution in [3.05, 3.63) is 48.0 Å². The zero-order valence-electron chi connectivity index (χ0n) is 9.20. The van der Waals surface area contributed by atoms with E-state index in [4.69, 9.17) is 5.73 Å². The van der Waals surface area contributed by atoms with Crippen LogP contribution in [0.3, 0.4) is 0 Å². The van der Waals surface area contributed by atoms with Crippen LogP contribution in [0.15, 0.2) is 42.5 Å². The highest BCUT2D eigenvalue weighted by Gasteiger charge is 2.05. The predicted molar refractivity (Wildman–Crippen MR) is 68.4 cm³/mol. The van der Waals surface area contributed by atoms with Crippen molar-refractivity contribution in [1.29, 1.82) is 0 Å². The van der Waals surface area contributed by atoms with Crippen LogP contribution in [0.4, 0.5) is 0 Å². The quantitative estimate of drug-likeness (QED) is 0.635. The molecule has 16 heavy (non-hydrogen) atoms. The van der Waals surface area contributed by atoms with Gasteiger partial charge in [-0.15, -0.1) is 0 Å². The third-order valence-electron chi connectivity index (χ3n) is 3.06. The van der Waals surface area contributed by atoms with Crippen molar-refractivity contribution in [2.75, 3.05) is 0 Å². The first-order valence-electron chi connectivity index (χ1n) is 5.51. The zero-order chi connectivity index (χ0) is 11.1. The minimum Gasteiger partial charge on any atom is -0.355 e. The number of nitrogens with one attached hydrogen (secondary N) is 1. The van der Waals surface area contributed by atoms with Crippen molar-refractivity contribution in [2.45, 2.75) is 13.0 Å². The van der Waals surface area contributed by atoms with Gasteiger partial charge in [0.15, 0.2) is 0 Å². The molecule has 0 aliphatic heterocycles. The fourth-order valence-corrected chi connectivity index (χ4v) is 2.16. The van der Waals surface area contributed by atoms with Gasteiger partial charge in [-0.1, -0.05) is 30.3 Å². The Morgan fingerprint density at radius 1 is 1.00 bits per heavy atom. The molecule has 2 heteroatoms. The average Bonchev–Trinajstić information content (AvgIpc) is 2.66. The van der Waals surface area contributed by atoms with Crippen LogP contribution in [0.2, 0.25) is 0 Å². The van der Waals surface area contributed by atoms with E-state index in [2.05, 4.69) is 41.4 Å². The third kappa shape index (κ3) is 1.31. The number of H-pyrrole nitrogens is 1. The number of rotatable bonds is 1. The van der Waals surface area contributed by atoms with Gasteiger partial charge in [0.05, 0.1) is 0 Å². The summed E-state index contributed by atoms with van der Waals surface area (Å²) in [5, 5.41) is 2.54. The van der Waals surface area contributed by atoms with Gasteiger partial charge < -0.3 is 10.7 Å². The predicted octanol–water partition coefficient (Wildman–Crippen LogP) is 3.34. The Labute approximate surface area is 94.1 Å². The number of para-hydroxylation sites is 1. The van der Waals surface area contributed by atoms with E-state index in [0.717, 1.165) is 5.52 Å². The normalized spacial score (nSPS) is 13.4. The lowest BCUT2D eigenvalue weighted by Crippen LogP contribution is -2.04. The number of aromatic nitrogens is 1. The minimum absolute atomic E-state index is 0.0795. The van der Waals surface area contributed by atoms with Gasteiger partial charge in [0.25, 0.3) is 0 Å². The van der Waals surface area contributed by atoms with E-state index in [9.17, 15) is 0 Å². The molecule has 0 aliphatic rings. The van der Waals surface area contributed by atoms with Crippen LogP contribution in [0, 0.1) is 0 Å². The van der Waals surface area contributed by atoms with Crippen LogP contribution in [-0.2, 0) is 0 Å². The summed E-state index contributed by atoms with van der Waals surface area (Å²) >= 11 is 0. The maximum absolute atomic E-state index is 5.89. The molecular formula is C14H14N2. The topological polar surface area (TPSA) is 41.8 Å². The molecule has 1 heterocycles. The molecule has 0 aliphatic carbocycles. The van der Waals surface area contributed by atoms with Crippen molar-refractivity contribution in [1.82, 2.24) is 4.98 Å². The molecule has 0 saturated heterocycles. The van der Waals surface area contributed by atoms with Gasteiger partial charge in [0.2, 0.25) is 0 Å². The maximum atomic E-state index is 5.89. The van der Waals surface area contributed by atoms with Crippen LogP contribution < -0.4 is 5.73 Å². The van der Waals surface area contributed by atoms with Gasteiger partial charge in [0.1, 0.15) is 0 Å². The molecule has 3 aromatic rings. The molecule has 3 N–H and O–H groups in total. The molecule has 0 saturated carbocycles. The number of hydrogen-bond donors (Lipinski definition) is 2. The van der Waals surface area contributed by atoms with E-state index in [0.29, 0.717) is 0 Å². The van der Waals surface area contributed by atoms with Crippen molar-refractivity contribution in [3.8, 4) is 0 Å². The molecule has 0 spiro atoms. The molecule has 0 radical (unpaired) electrons. The summed E-state index contributed by atoms with van der Waals surface area (Å²) in [5.74, 6) is 0. The lowest BCUT2D eigenvalue weighted by molar-refractivity contribution is 0.820. The van der Waals surface area contributed by atoms with Gasteiger partial charge in [0, 0.05) is 27.8 Å². The lowest BCUT2D eigenvalue weighted by Gasteiger charge is -2.04. The number of nitrogens with two attached hydrogens (primary N) is 1. The minimum atomic E-state index is 0.0795. The second-order valence-electron chi connectivity index (χ2n) is 4.26. The molecule has 0 bridgehead atoms. The summed E-state index contributed by atoms with van der Waals surface area (Å²) in [5.41, 5.74) is 9.39. The van der Waals surface area contributed by atoms with Crippen LogP contribution in [0.1, 0.15) is 18.5 Å². The number of hydrogen-bond acceptors (Lipinski definition) is 1. The van der Waals surface area contributed by atoms with Crippen LogP contribution >= 0.6 is 0 Å². The Morgan fingerprint density at radius 3 is 2.56 bits per heavy atom. The Kier molecular flexibility index (Phi) is 1.98. The molecule has 1 aromatic heterocycles. The molecule has 80 valence electrons. The monoisotopic (exact) mass is 210 g/mol. The molecule has 3 rings (SSSR count). The maximum Gasteiger partial charge on any atom is 0.0468 e. The summed E-state index contributed by atoms with van der Waals surface area (Å²) in [6.45, 7) is 2.00. The van der Waals surface area contributed by atoms with E-state index < -0.39 is 0 Å². The molecule has 2 aromatic carbocycles. The SMILES string of the molecule is CC(N)c1ccc2c(c1)[nH]c1ccccc12. The summed E-state index contributed by atoms with van der Waals surface area (Å²) in [6, 6.07) is 14.8. The van der Waals surface area contributed by atoms with Gasteiger partial charge in [-0.25, -0.2) is 0 Å². The standard InChI is InChI=1S/C14H14N2/c1-9(15)10-6-7-12-11-4-2-3-5-13(11)16-14(12)8-10/h2-9,16H,15H2,1H3. The Bertz CT molecular complexity index is 650. The summed E-state index contributed by atoms with van der Waals surface area (Å²) < 4.78 is 0. The first-order valence-corrected chi connectivity index (χ1v) is 5.51. The molecular weight excluding hydrogens is 196 g/mol.